The summed E-state index contributed by atoms with van der Waals surface area (Å²) in [6.07, 6.45) is 0. The zero-order valence-corrected chi connectivity index (χ0v) is 15.8. The highest BCUT2D eigenvalue weighted by atomic mass is 19.1. The minimum absolute atomic E-state index is 0.129. The second-order valence-electron chi connectivity index (χ2n) is 6.93. The lowest BCUT2D eigenvalue weighted by atomic mass is 10.2. The molecule has 7 nitrogen and oxygen atoms in total. The van der Waals surface area contributed by atoms with Crippen molar-refractivity contribution in [2.24, 2.45) is 0 Å². The van der Waals surface area contributed by atoms with E-state index in [9.17, 15) is 8.78 Å². The van der Waals surface area contributed by atoms with Crippen molar-refractivity contribution in [2.75, 3.05) is 42.1 Å². The van der Waals surface area contributed by atoms with E-state index in [1.54, 1.807) is 24.3 Å². The van der Waals surface area contributed by atoms with E-state index in [1.807, 2.05) is 6.07 Å². The fourth-order valence-corrected chi connectivity index (χ4v) is 3.41. The summed E-state index contributed by atoms with van der Waals surface area (Å²) in [6.45, 7) is 3.76. The number of halogens is 2. The summed E-state index contributed by atoms with van der Waals surface area (Å²) in [6, 6.07) is 12.7. The van der Waals surface area contributed by atoms with Crippen LogP contribution in [0.5, 0.6) is 0 Å². The highest BCUT2D eigenvalue weighted by Gasteiger charge is 2.23. The standard InChI is InChI=1S/C20H21F2N7/c21-14-5-7-15(8-6-14)24-20-26-18(25-19(23)27-20)13-28-9-11-29(12-10-28)17-4-2-1-3-16(17)22/h1-8H,9-13H2,(H3,23,24,25,26,27)/p+1. The smallest absolute Gasteiger partial charge is 0.232 e. The van der Waals surface area contributed by atoms with E-state index >= 15 is 0 Å². The van der Waals surface area contributed by atoms with E-state index in [2.05, 4.69) is 25.2 Å². The van der Waals surface area contributed by atoms with Crippen molar-refractivity contribution in [1.82, 2.24) is 15.0 Å². The van der Waals surface area contributed by atoms with E-state index in [4.69, 9.17) is 5.73 Å². The summed E-state index contributed by atoms with van der Waals surface area (Å²) < 4.78 is 27.0. The van der Waals surface area contributed by atoms with E-state index in [1.165, 1.54) is 23.1 Å². The molecular formula is C20H22F2N7+. The molecule has 4 N–H and O–H groups in total. The molecule has 0 amide bonds. The molecule has 1 aliphatic rings. The summed E-state index contributed by atoms with van der Waals surface area (Å²) in [5.41, 5.74) is 7.14. The Balaban J connectivity index is 1.39. The largest absolute Gasteiger partial charge is 0.368 e. The van der Waals surface area contributed by atoms with E-state index in [0.717, 1.165) is 26.2 Å². The maximum absolute atomic E-state index is 14.0. The number of anilines is 4. The molecular weight excluding hydrogens is 376 g/mol. The van der Waals surface area contributed by atoms with Gasteiger partial charge in [0.1, 0.15) is 18.2 Å². The number of hydrogen-bond acceptors (Lipinski definition) is 6. The van der Waals surface area contributed by atoms with Crippen LogP contribution in [0, 0.1) is 11.6 Å². The van der Waals surface area contributed by atoms with Crippen LogP contribution in [-0.4, -0.2) is 41.1 Å². The first-order chi connectivity index (χ1) is 14.1. The van der Waals surface area contributed by atoms with Crippen molar-refractivity contribution in [3.63, 3.8) is 0 Å². The van der Waals surface area contributed by atoms with Crippen LogP contribution in [0.25, 0.3) is 0 Å². The Bertz CT molecular complexity index is 973. The lowest BCUT2D eigenvalue weighted by Gasteiger charge is -2.33. The zero-order chi connectivity index (χ0) is 20.2. The van der Waals surface area contributed by atoms with Crippen LogP contribution in [0.2, 0.25) is 0 Å². The summed E-state index contributed by atoms with van der Waals surface area (Å²) in [4.78, 5) is 16.1. The molecule has 2 aromatic carbocycles. The number of quaternary nitrogens is 1. The highest BCUT2D eigenvalue weighted by Crippen LogP contribution is 2.18. The maximum atomic E-state index is 14.0. The molecule has 0 aliphatic carbocycles. The van der Waals surface area contributed by atoms with Gasteiger partial charge in [0.25, 0.3) is 0 Å². The van der Waals surface area contributed by atoms with Crippen LogP contribution < -0.4 is 20.9 Å². The van der Waals surface area contributed by atoms with Gasteiger partial charge in [-0.15, -0.1) is 0 Å². The van der Waals surface area contributed by atoms with E-state index in [-0.39, 0.29) is 17.6 Å². The lowest BCUT2D eigenvalue weighted by molar-refractivity contribution is -0.915. The number of hydrogen-bond donors (Lipinski definition) is 3. The average molecular weight is 398 g/mol. The molecule has 1 aliphatic heterocycles. The molecule has 9 heteroatoms. The Morgan fingerprint density at radius 2 is 1.69 bits per heavy atom. The van der Waals surface area contributed by atoms with Gasteiger partial charge in [0.15, 0.2) is 5.82 Å². The number of para-hydroxylation sites is 1. The molecule has 150 valence electrons. The fraction of sp³-hybridized carbons (Fsp3) is 0.250. The number of nitrogens with two attached hydrogens (primary N) is 1. The number of nitrogens with zero attached hydrogens (tertiary/aromatic N) is 4. The predicted octanol–water partition coefficient (Wildman–Crippen LogP) is 1.38. The summed E-state index contributed by atoms with van der Waals surface area (Å²) >= 11 is 0. The molecule has 1 fully saturated rings. The third kappa shape index (κ3) is 4.75. The molecule has 0 radical (unpaired) electrons. The molecule has 2 heterocycles. The number of piperazine rings is 1. The highest BCUT2D eigenvalue weighted by molar-refractivity contribution is 5.53. The first-order valence-corrected chi connectivity index (χ1v) is 9.43. The number of rotatable bonds is 5. The number of nitrogen functional groups attached to an aromatic ring is 1. The van der Waals surface area contributed by atoms with E-state index < -0.39 is 0 Å². The van der Waals surface area contributed by atoms with Gasteiger partial charge in [0, 0.05) is 5.69 Å². The van der Waals surface area contributed by atoms with Gasteiger partial charge in [-0.1, -0.05) is 12.1 Å². The molecule has 4 rings (SSSR count). The summed E-state index contributed by atoms with van der Waals surface area (Å²) in [5, 5.41) is 3.02. The Labute approximate surface area is 167 Å². The Morgan fingerprint density at radius 3 is 2.41 bits per heavy atom. The van der Waals surface area contributed by atoms with Crippen molar-refractivity contribution in [3.8, 4) is 0 Å². The molecule has 0 saturated carbocycles. The van der Waals surface area contributed by atoms with E-state index in [0.29, 0.717) is 29.7 Å². The maximum Gasteiger partial charge on any atom is 0.232 e. The van der Waals surface area contributed by atoms with Gasteiger partial charge in [-0.3, -0.25) is 0 Å². The Morgan fingerprint density at radius 1 is 0.966 bits per heavy atom. The predicted molar refractivity (Wildman–Crippen MR) is 107 cm³/mol. The first kappa shape index (κ1) is 19.0. The molecule has 29 heavy (non-hydrogen) atoms. The van der Waals surface area contributed by atoms with Crippen LogP contribution in [0.1, 0.15) is 5.82 Å². The molecule has 0 unspecified atom stereocenters. The third-order valence-corrected chi connectivity index (χ3v) is 4.87. The normalized spacial score (nSPS) is 14.8. The van der Waals surface area contributed by atoms with Crippen molar-refractivity contribution in [3.05, 3.63) is 66.0 Å². The SMILES string of the molecule is Nc1nc(C[NH+]2CCN(c3ccccc3F)CC2)nc(Nc2ccc(F)cc2)n1. The topological polar surface area (TPSA) is 84.4 Å². The van der Waals surface area contributed by atoms with Gasteiger partial charge in [-0.2, -0.15) is 15.0 Å². The molecule has 0 bridgehead atoms. The first-order valence-electron chi connectivity index (χ1n) is 9.43. The molecule has 0 spiro atoms. The van der Waals surface area contributed by atoms with Crippen molar-refractivity contribution in [2.45, 2.75) is 6.54 Å². The fourth-order valence-electron chi connectivity index (χ4n) is 3.41. The van der Waals surface area contributed by atoms with Crippen molar-refractivity contribution < 1.29 is 13.7 Å². The molecule has 3 aromatic rings. The van der Waals surface area contributed by atoms with Crippen LogP contribution in [0.4, 0.5) is 32.1 Å². The number of nitrogens with one attached hydrogen (secondary N) is 2. The Hall–Kier alpha value is -3.33. The quantitative estimate of drug-likeness (QED) is 0.602. The third-order valence-electron chi connectivity index (χ3n) is 4.87. The van der Waals surface area contributed by atoms with Crippen molar-refractivity contribution >= 4 is 23.3 Å². The second kappa shape index (κ2) is 8.36. The lowest BCUT2D eigenvalue weighted by Crippen LogP contribution is -3.13. The molecule has 1 saturated heterocycles. The van der Waals surface area contributed by atoms with Gasteiger partial charge in [-0.25, -0.2) is 8.78 Å². The zero-order valence-electron chi connectivity index (χ0n) is 15.8. The summed E-state index contributed by atoms with van der Waals surface area (Å²) in [7, 11) is 0. The van der Waals surface area contributed by atoms with Crippen LogP contribution >= 0.6 is 0 Å². The summed E-state index contributed by atoms with van der Waals surface area (Å²) in [5.74, 6) is 0.520. The second-order valence-corrected chi connectivity index (χ2v) is 6.93. The van der Waals surface area contributed by atoms with Gasteiger partial charge in [-0.05, 0) is 36.4 Å². The minimum atomic E-state index is -0.315. The monoisotopic (exact) mass is 398 g/mol. The number of aromatic nitrogens is 3. The minimum Gasteiger partial charge on any atom is -0.368 e. The van der Waals surface area contributed by atoms with Gasteiger partial charge >= 0.3 is 0 Å². The van der Waals surface area contributed by atoms with Gasteiger partial charge < -0.3 is 20.9 Å². The molecule has 1 aromatic heterocycles. The number of benzene rings is 2. The van der Waals surface area contributed by atoms with Gasteiger partial charge in [0.2, 0.25) is 11.9 Å². The average Bonchev–Trinajstić information content (AvgIpc) is 2.70. The Kier molecular flexibility index (Phi) is 5.48. The van der Waals surface area contributed by atoms with Crippen LogP contribution in [-0.2, 0) is 6.54 Å². The van der Waals surface area contributed by atoms with Crippen LogP contribution in [0.15, 0.2) is 48.5 Å². The van der Waals surface area contributed by atoms with Gasteiger partial charge in [0.05, 0.1) is 31.9 Å². The van der Waals surface area contributed by atoms with Crippen molar-refractivity contribution in [1.29, 1.82) is 0 Å². The van der Waals surface area contributed by atoms with Crippen LogP contribution in [0.3, 0.4) is 0 Å². The molecule has 0 atom stereocenters.